The average molecular weight is 630 g/mol. The van der Waals surface area contributed by atoms with Crippen LogP contribution in [0.5, 0.6) is 0 Å². The van der Waals surface area contributed by atoms with Crippen molar-refractivity contribution in [3.63, 3.8) is 0 Å². The second kappa shape index (κ2) is 11.4. The summed E-state index contributed by atoms with van der Waals surface area (Å²) in [6.07, 6.45) is 0.677. The molecule has 1 atom stereocenters. The van der Waals surface area contributed by atoms with Crippen LogP contribution >= 0.6 is 54.5 Å². The molecule has 0 aliphatic carbocycles. The van der Waals surface area contributed by atoms with Gasteiger partial charge in [0.2, 0.25) is 0 Å². The summed E-state index contributed by atoms with van der Waals surface area (Å²) in [5.41, 5.74) is 1.05. The number of carbonyl (C=O) groups is 1. The van der Waals surface area contributed by atoms with Crippen LogP contribution in [-0.2, 0) is 13.0 Å². The van der Waals surface area contributed by atoms with E-state index in [4.69, 9.17) is 4.74 Å². The molecule has 0 fully saturated rings. The van der Waals surface area contributed by atoms with Crippen molar-refractivity contribution in [2.24, 2.45) is 0 Å². The summed E-state index contributed by atoms with van der Waals surface area (Å²) in [4.78, 5) is 12.9. The number of hydrogen-bond donors (Lipinski definition) is 0. The first-order chi connectivity index (χ1) is 13.6. The van der Waals surface area contributed by atoms with Gasteiger partial charge in [-0.2, -0.15) is 0 Å². The molecule has 0 aliphatic rings. The molecule has 0 spiro atoms. The van der Waals surface area contributed by atoms with Crippen LogP contribution in [0.25, 0.3) is 0 Å². The van der Waals surface area contributed by atoms with Gasteiger partial charge >= 0.3 is 5.97 Å². The molecule has 3 aromatic rings. The van der Waals surface area contributed by atoms with Crippen molar-refractivity contribution in [1.82, 2.24) is 0 Å². The van der Waals surface area contributed by atoms with Gasteiger partial charge in [0.15, 0.2) is 0 Å². The minimum atomic E-state index is -0.783. The van der Waals surface area contributed by atoms with E-state index in [1.54, 1.807) is 0 Å². The molecule has 0 heterocycles. The van der Waals surface area contributed by atoms with E-state index in [-0.39, 0.29) is 29.9 Å². The predicted octanol–water partition coefficient (Wildman–Crippen LogP) is 5.67. The predicted molar refractivity (Wildman–Crippen MR) is 143 cm³/mol. The summed E-state index contributed by atoms with van der Waals surface area (Å²) in [7, 11) is -0.783. The Labute approximate surface area is 205 Å². The van der Waals surface area contributed by atoms with Crippen LogP contribution < -0.4 is 15.9 Å². The molecule has 3 aromatic carbocycles. The summed E-state index contributed by atoms with van der Waals surface area (Å²) in [5, 5.41) is 3.75. The van der Waals surface area contributed by atoms with Crippen molar-refractivity contribution >= 4 is 76.4 Å². The lowest BCUT2D eigenvalue weighted by Crippen LogP contribution is -2.36. The van der Waals surface area contributed by atoms with Crippen LogP contribution in [0.2, 0.25) is 0 Å². The van der Waals surface area contributed by atoms with E-state index in [2.05, 4.69) is 89.3 Å². The number of ether oxygens (including phenoxy) is 1. The lowest BCUT2D eigenvalue weighted by molar-refractivity contribution is -0.145. The van der Waals surface area contributed by atoms with Crippen molar-refractivity contribution in [2.45, 2.75) is 23.7 Å². The Balaban J connectivity index is 0.00000300. The zero-order chi connectivity index (χ0) is 20.0. The third-order valence-corrected chi connectivity index (χ3v) is 8.97. The highest BCUT2D eigenvalue weighted by Crippen LogP contribution is 2.42. The van der Waals surface area contributed by atoms with Gasteiger partial charge in [-0.3, -0.25) is 4.79 Å². The molecule has 0 aromatic heterocycles. The van der Waals surface area contributed by atoms with Crippen molar-refractivity contribution < 1.29 is 9.53 Å². The fourth-order valence-electron chi connectivity index (χ4n) is 3.28. The third-order valence-electron chi connectivity index (χ3n) is 4.69. The van der Waals surface area contributed by atoms with Gasteiger partial charge in [-0.15, -0.1) is 24.0 Å². The Kier molecular flexibility index (Phi) is 9.57. The summed E-state index contributed by atoms with van der Waals surface area (Å²) in [5.74, 6) is -0.165. The van der Waals surface area contributed by atoms with E-state index < -0.39 is 11.3 Å². The molecule has 0 aliphatic heterocycles. The maximum absolute atomic E-state index is 12.9. The second-order valence-electron chi connectivity index (χ2n) is 6.40. The molecular weight excluding hydrogens is 605 g/mol. The number of halogens is 2. The van der Waals surface area contributed by atoms with E-state index in [0.29, 0.717) is 13.0 Å². The molecule has 1 unspecified atom stereocenters. The fourth-order valence-corrected chi connectivity index (χ4v) is 6.65. The maximum atomic E-state index is 12.9. The summed E-state index contributed by atoms with van der Waals surface area (Å²) < 4.78 is 4.76. The molecule has 5 heteroatoms. The Morgan fingerprint density at radius 2 is 1.34 bits per heavy atom. The van der Waals surface area contributed by atoms with E-state index in [1.165, 1.54) is 15.9 Å². The lowest BCUT2D eigenvalue weighted by atomic mass is 9.96. The molecular formula is C24H25I2O2P. The standard InChI is InChI=1S/C24H24IO2P.HI/c1-3-24(25,23(26)27-4-2)21-17-11-12-18-22(21)28(19-13-7-5-8-14-19)20-15-9-6-10-16-20;/h5-18H,3-4H2,1-2H3;1H. The van der Waals surface area contributed by atoms with Crippen molar-refractivity contribution in [3.05, 3.63) is 90.5 Å². The van der Waals surface area contributed by atoms with E-state index in [0.717, 1.165) is 5.56 Å². The molecule has 0 amide bonds. The maximum Gasteiger partial charge on any atom is 0.326 e. The molecule has 2 nitrogen and oxygen atoms in total. The first-order valence-corrected chi connectivity index (χ1v) is 11.9. The monoisotopic (exact) mass is 630 g/mol. The zero-order valence-electron chi connectivity index (χ0n) is 16.5. The van der Waals surface area contributed by atoms with Crippen molar-refractivity contribution in [2.75, 3.05) is 6.61 Å². The first kappa shape index (κ1) is 24.3. The highest BCUT2D eigenvalue weighted by Gasteiger charge is 2.40. The van der Waals surface area contributed by atoms with E-state index in [9.17, 15) is 4.79 Å². The average Bonchev–Trinajstić information content (AvgIpc) is 2.75. The van der Waals surface area contributed by atoms with Gasteiger partial charge in [-0.1, -0.05) is 114 Å². The van der Waals surface area contributed by atoms with Gasteiger partial charge in [0, 0.05) is 0 Å². The van der Waals surface area contributed by atoms with Crippen molar-refractivity contribution in [3.8, 4) is 0 Å². The van der Waals surface area contributed by atoms with Crippen LogP contribution in [0.15, 0.2) is 84.9 Å². The number of carbonyl (C=O) groups excluding carboxylic acids is 1. The van der Waals surface area contributed by atoms with Gasteiger partial charge in [0.05, 0.1) is 6.61 Å². The first-order valence-electron chi connectivity index (χ1n) is 9.47. The van der Waals surface area contributed by atoms with Crippen LogP contribution in [0, 0.1) is 0 Å². The highest BCUT2D eigenvalue weighted by molar-refractivity contribution is 14.1. The van der Waals surface area contributed by atoms with E-state index in [1.807, 2.05) is 32.0 Å². The van der Waals surface area contributed by atoms with Gasteiger partial charge in [-0.05, 0) is 42.7 Å². The number of esters is 1. The molecule has 0 bridgehead atoms. The van der Waals surface area contributed by atoms with Crippen LogP contribution in [0.3, 0.4) is 0 Å². The smallest absolute Gasteiger partial charge is 0.326 e. The SMILES string of the molecule is CCOC(=O)C(I)(CC)c1ccccc1P(c1ccccc1)c1ccccc1.I. The number of hydrogen-bond acceptors (Lipinski definition) is 2. The minimum Gasteiger partial charge on any atom is -0.465 e. The van der Waals surface area contributed by atoms with Gasteiger partial charge < -0.3 is 4.74 Å². The fraction of sp³-hybridized carbons (Fsp3) is 0.208. The zero-order valence-corrected chi connectivity index (χ0v) is 21.9. The van der Waals surface area contributed by atoms with Gasteiger partial charge in [0.1, 0.15) is 3.42 Å². The van der Waals surface area contributed by atoms with Gasteiger partial charge in [-0.25, -0.2) is 0 Å². The molecule has 29 heavy (non-hydrogen) atoms. The Bertz CT molecular complexity index is 879. The molecule has 3 rings (SSSR count). The van der Waals surface area contributed by atoms with E-state index >= 15 is 0 Å². The molecule has 152 valence electrons. The largest absolute Gasteiger partial charge is 0.465 e. The van der Waals surface area contributed by atoms with Crippen molar-refractivity contribution in [1.29, 1.82) is 0 Å². The Hall–Kier alpha value is -0.980. The quantitative estimate of drug-likeness (QED) is 0.146. The highest BCUT2D eigenvalue weighted by atomic mass is 127. The molecule has 0 radical (unpaired) electrons. The lowest BCUT2D eigenvalue weighted by Gasteiger charge is -2.30. The normalized spacial score (nSPS) is 12.7. The molecule has 0 saturated carbocycles. The minimum absolute atomic E-state index is 0. The summed E-state index contributed by atoms with van der Waals surface area (Å²) in [6, 6.07) is 29.5. The third kappa shape index (κ3) is 5.39. The Morgan fingerprint density at radius 3 is 1.83 bits per heavy atom. The molecule has 0 saturated heterocycles. The van der Waals surface area contributed by atoms with Crippen LogP contribution in [-0.4, -0.2) is 12.6 Å². The van der Waals surface area contributed by atoms with Crippen LogP contribution in [0.4, 0.5) is 0 Å². The van der Waals surface area contributed by atoms with Crippen LogP contribution in [0.1, 0.15) is 25.8 Å². The van der Waals surface area contributed by atoms with Gasteiger partial charge in [0.25, 0.3) is 0 Å². The topological polar surface area (TPSA) is 26.3 Å². The summed E-state index contributed by atoms with van der Waals surface area (Å²) >= 11 is 2.29. The Morgan fingerprint density at radius 1 is 0.862 bits per heavy atom. The number of benzene rings is 3. The molecule has 0 N–H and O–H groups in total. The number of alkyl halides is 1. The summed E-state index contributed by atoms with van der Waals surface area (Å²) in [6.45, 7) is 4.29. The second-order valence-corrected chi connectivity index (χ2v) is 10.4. The number of rotatable bonds is 7.